The molecule has 0 amide bonds. The standard InChI is InChI=1S/C15H17NO5S/c1-19-11-4-6-12(7-5-11)21-15-9-8-13(20-2)10-14(15)16-22(3,17)18/h4-10,16H,1-3H3. The summed E-state index contributed by atoms with van der Waals surface area (Å²) in [6, 6.07) is 11.8. The fourth-order valence-corrected chi connectivity index (χ4v) is 2.33. The van der Waals surface area contributed by atoms with Gasteiger partial charge < -0.3 is 14.2 Å². The highest BCUT2D eigenvalue weighted by molar-refractivity contribution is 7.92. The quantitative estimate of drug-likeness (QED) is 0.885. The van der Waals surface area contributed by atoms with Crippen LogP contribution in [-0.2, 0) is 10.0 Å². The van der Waals surface area contributed by atoms with Crippen molar-refractivity contribution in [3.63, 3.8) is 0 Å². The van der Waals surface area contributed by atoms with E-state index in [0.29, 0.717) is 28.7 Å². The largest absolute Gasteiger partial charge is 0.497 e. The molecule has 0 atom stereocenters. The van der Waals surface area contributed by atoms with E-state index in [1.165, 1.54) is 7.11 Å². The first kappa shape index (κ1) is 16.0. The van der Waals surface area contributed by atoms with Crippen LogP contribution >= 0.6 is 0 Å². The Hall–Kier alpha value is -2.41. The van der Waals surface area contributed by atoms with Crippen molar-refractivity contribution in [2.24, 2.45) is 0 Å². The van der Waals surface area contributed by atoms with Crippen LogP contribution in [0.1, 0.15) is 0 Å². The number of sulfonamides is 1. The third-order valence-corrected chi connectivity index (χ3v) is 3.36. The Morgan fingerprint density at radius 1 is 0.864 bits per heavy atom. The fourth-order valence-electron chi connectivity index (χ4n) is 1.78. The molecule has 118 valence electrons. The Morgan fingerprint density at radius 2 is 1.41 bits per heavy atom. The molecule has 0 unspecified atom stereocenters. The average Bonchev–Trinajstić information content (AvgIpc) is 2.48. The second-order valence-electron chi connectivity index (χ2n) is 4.51. The summed E-state index contributed by atoms with van der Waals surface area (Å²) >= 11 is 0. The van der Waals surface area contributed by atoms with Gasteiger partial charge in [-0.3, -0.25) is 4.72 Å². The van der Waals surface area contributed by atoms with E-state index in [-0.39, 0.29) is 0 Å². The Labute approximate surface area is 129 Å². The number of hydrogen-bond donors (Lipinski definition) is 1. The summed E-state index contributed by atoms with van der Waals surface area (Å²) in [5.41, 5.74) is 0.303. The molecule has 1 N–H and O–H groups in total. The van der Waals surface area contributed by atoms with Crippen LogP contribution in [0.4, 0.5) is 5.69 Å². The van der Waals surface area contributed by atoms with Gasteiger partial charge in [0, 0.05) is 6.07 Å². The topological polar surface area (TPSA) is 73.9 Å². The number of benzene rings is 2. The number of methoxy groups -OCH3 is 2. The van der Waals surface area contributed by atoms with Crippen molar-refractivity contribution in [2.45, 2.75) is 0 Å². The minimum atomic E-state index is -3.43. The number of ether oxygens (including phenoxy) is 3. The maximum Gasteiger partial charge on any atom is 0.229 e. The van der Waals surface area contributed by atoms with Crippen LogP contribution in [0.5, 0.6) is 23.0 Å². The van der Waals surface area contributed by atoms with E-state index in [1.54, 1.807) is 49.6 Å². The van der Waals surface area contributed by atoms with Gasteiger partial charge in [0.05, 0.1) is 26.2 Å². The number of hydrogen-bond acceptors (Lipinski definition) is 5. The summed E-state index contributed by atoms with van der Waals surface area (Å²) < 4.78 is 41.2. The second-order valence-corrected chi connectivity index (χ2v) is 6.26. The van der Waals surface area contributed by atoms with E-state index in [2.05, 4.69) is 4.72 Å². The van der Waals surface area contributed by atoms with Crippen LogP contribution in [0.15, 0.2) is 42.5 Å². The Morgan fingerprint density at radius 3 is 1.95 bits per heavy atom. The highest BCUT2D eigenvalue weighted by Gasteiger charge is 2.11. The van der Waals surface area contributed by atoms with E-state index in [0.717, 1.165) is 6.26 Å². The molecule has 0 radical (unpaired) electrons. The predicted molar refractivity (Wildman–Crippen MR) is 84.5 cm³/mol. The monoisotopic (exact) mass is 323 g/mol. The lowest BCUT2D eigenvalue weighted by molar-refractivity contribution is 0.411. The van der Waals surface area contributed by atoms with Crippen LogP contribution in [0.25, 0.3) is 0 Å². The smallest absolute Gasteiger partial charge is 0.229 e. The van der Waals surface area contributed by atoms with Crippen LogP contribution < -0.4 is 18.9 Å². The second kappa shape index (κ2) is 6.57. The summed E-state index contributed by atoms with van der Waals surface area (Å²) in [7, 11) is -0.353. The molecule has 0 spiro atoms. The van der Waals surface area contributed by atoms with Gasteiger partial charge in [-0.1, -0.05) is 0 Å². The van der Waals surface area contributed by atoms with E-state index in [4.69, 9.17) is 14.2 Å². The molecule has 0 saturated carbocycles. The van der Waals surface area contributed by atoms with E-state index in [1.807, 2.05) is 0 Å². The molecule has 0 saturated heterocycles. The minimum Gasteiger partial charge on any atom is -0.497 e. The third kappa shape index (κ3) is 4.29. The first-order valence-electron chi connectivity index (χ1n) is 6.39. The van der Waals surface area contributed by atoms with Gasteiger partial charge in [0.2, 0.25) is 10.0 Å². The zero-order chi connectivity index (χ0) is 16.2. The Balaban J connectivity index is 2.32. The molecule has 0 aromatic heterocycles. The Kier molecular flexibility index (Phi) is 4.77. The van der Waals surface area contributed by atoms with E-state index >= 15 is 0 Å². The lowest BCUT2D eigenvalue weighted by Crippen LogP contribution is -2.10. The molecule has 2 aromatic carbocycles. The average molecular weight is 323 g/mol. The van der Waals surface area contributed by atoms with Crippen molar-refractivity contribution < 1.29 is 22.6 Å². The lowest BCUT2D eigenvalue weighted by atomic mass is 10.2. The molecule has 0 aliphatic carbocycles. The van der Waals surface area contributed by atoms with Gasteiger partial charge in [0.1, 0.15) is 17.2 Å². The molecule has 7 heteroatoms. The number of anilines is 1. The molecule has 22 heavy (non-hydrogen) atoms. The summed E-state index contributed by atoms with van der Waals surface area (Å²) in [6.45, 7) is 0. The van der Waals surface area contributed by atoms with Gasteiger partial charge in [0.15, 0.2) is 5.75 Å². The summed E-state index contributed by atoms with van der Waals surface area (Å²) in [6.07, 6.45) is 1.07. The molecule has 2 rings (SSSR count). The summed E-state index contributed by atoms with van der Waals surface area (Å²) in [4.78, 5) is 0. The van der Waals surface area contributed by atoms with E-state index < -0.39 is 10.0 Å². The normalized spacial score (nSPS) is 10.9. The van der Waals surface area contributed by atoms with Crippen molar-refractivity contribution in [3.05, 3.63) is 42.5 Å². The summed E-state index contributed by atoms with van der Waals surface area (Å²) in [5, 5.41) is 0. The SMILES string of the molecule is COc1ccc(Oc2ccc(OC)cc2NS(C)(=O)=O)cc1. The van der Waals surface area contributed by atoms with E-state index in [9.17, 15) is 8.42 Å². The predicted octanol–water partition coefficient (Wildman–Crippen LogP) is 2.87. The van der Waals surface area contributed by atoms with Crippen molar-refractivity contribution in [1.82, 2.24) is 0 Å². The van der Waals surface area contributed by atoms with Gasteiger partial charge in [-0.05, 0) is 36.4 Å². The minimum absolute atomic E-state index is 0.303. The van der Waals surface area contributed by atoms with Gasteiger partial charge in [0.25, 0.3) is 0 Å². The molecule has 2 aromatic rings. The first-order chi connectivity index (χ1) is 10.4. The molecule has 0 heterocycles. The third-order valence-electron chi connectivity index (χ3n) is 2.77. The molecule has 0 aliphatic rings. The molecule has 6 nitrogen and oxygen atoms in total. The zero-order valence-corrected chi connectivity index (χ0v) is 13.3. The molecule has 0 fully saturated rings. The Bertz CT molecular complexity index is 741. The van der Waals surface area contributed by atoms with Crippen LogP contribution in [-0.4, -0.2) is 28.9 Å². The first-order valence-corrected chi connectivity index (χ1v) is 8.28. The van der Waals surface area contributed by atoms with Crippen molar-refractivity contribution >= 4 is 15.7 Å². The molecular formula is C15H17NO5S. The molecule has 0 aliphatic heterocycles. The van der Waals surface area contributed by atoms with Crippen molar-refractivity contribution in [3.8, 4) is 23.0 Å². The van der Waals surface area contributed by atoms with Crippen LogP contribution in [0.2, 0.25) is 0 Å². The van der Waals surface area contributed by atoms with Gasteiger partial charge >= 0.3 is 0 Å². The van der Waals surface area contributed by atoms with Gasteiger partial charge in [-0.25, -0.2) is 8.42 Å². The maximum absolute atomic E-state index is 11.5. The zero-order valence-electron chi connectivity index (χ0n) is 12.5. The van der Waals surface area contributed by atoms with Crippen LogP contribution in [0.3, 0.4) is 0 Å². The lowest BCUT2D eigenvalue weighted by Gasteiger charge is -2.13. The number of rotatable bonds is 6. The van der Waals surface area contributed by atoms with Crippen LogP contribution in [0, 0.1) is 0 Å². The highest BCUT2D eigenvalue weighted by atomic mass is 32.2. The highest BCUT2D eigenvalue weighted by Crippen LogP contribution is 2.33. The van der Waals surface area contributed by atoms with Gasteiger partial charge in [-0.2, -0.15) is 0 Å². The maximum atomic E-state index is 11.5. The van der Waals surface area contributed by atoms with Gasteiger partial charge in [-0.15, -0.1) is 0 Å². The number of nitrogens with one attached hydrogen (secondary N) is 1. The summed E-state index contributed by atoms with van der Waals surface area (Å²) in [5.74, 6) is 2.16. The molecule has 0 bridgehead atoms. The van der Waals surface area contributed by atoms with Crippen molar-refractivity contribution in [1.29, 1.82) is 0 Å². The van der Waals surface area contributed by atoms with Crippen molar-refractivity contribution in [2.75, 3.05) is 25.2 Å². The fraction of sp³-hybridized carbons (Fsp3) is 0.200. The molecular weight excluding hydrogens is 306 g/mol.